The van der Waals surface area contributed by atoms with Crippen molar-refractivity contribution in [1.82, 2.24) is 4.98 Å². The van der Waals surface area contributed by atoms with E-state index in [1.807, 2.05) is 6.07 Å². The smallest absolute Gasteiger partial charge is 0.152 e. The highest BCUT2D eigenvalue weighted by molar-refractivity contribution is 9.10. The summed E-state index contributed by atoms with van der Waals surface area (Å²) in [6.07, 6.45) is 5.65. The molecule has 2 aliphatic carbocycles. The Bertz CT molecular complexity index is 517. The molecule has 0 amide bonds. The Morgan fingerprint density at radius 2 is 2.16 bits per heavy atom. The van der Waals surface area contributed by atoms with E-state index in [-0.39, 0.29) is 0 Å². The van der Waals surface area contributed by atoms with Crippen LogP contribution in [0.4, 0.5) is 5.69 Å². The molecule has 2 fully saturated rings. The van der Waals surface area contributed by atoms with E-state index >= 15 is 0 Å². The first-order chi connectivity index (χ1) is 8.84. The normalized spacial score (nSPS) is 35.6. The van der Waals surface area contributed by atoms with Gasteiger partial charge in [0.25, 0.3) is 0 Å². The second-order valence-corrected chi connectivity index (χ2v) is 8.07. The van der Waals surface area contributed by atoms with Gasteiger partial charge in [-0.1, -0.05) is 32.4 Å². The largest absolute Gasteiger partial charge is 0.379 e. The monoisotopic (exact) mass is 342 g/mol. The summed E-state index contributed by atoms with van der Waals surface area (Å²) < 4.78 is 0.965. The maximum absolute atomic E-state index is 6.20. The Hall–Kier alpha value is -0.280. The van der Waals surface area contributed by atoms with E-state index in [0.717, 1.165) is 16.1 Å². The summed E-state index contributed by atoms with van der Waals surface area (Å²) in [7, 11) is 0. The fourth-order valence-electron chi connectivity index (χ4n) is 4.13. The van der Waals surface area contributed by atoms with Crippen LogP contribution >= 0.6 is 27.5 Å². The second-order valence-electron chi connectivity index (χ2n) is 6.80. The van der Waals surface area contributed by atoms with Crippen LogP contribution in [0.1, 0.15) is 40.0 Å². The van der Waals surface area contributed by atoms with Crippen molar-refractivity contribution in [2.75, 3.05) is 5.32 Å². The molecule has 0 aliphatic heterocycles. The van der Waals surface area contributed by atoms with Gasteiger partial charge in [-0.25, -0.2) is 4.98 Å². The Kier molecular flexibility index (Phi) is 3.14. The maximum Gasteiger partial charge on any atom is 0.152 e. The SMILES string of the molecule is CC1(C)C2CCC1(C)C(Nc1cc(Br)cnc1Cl)C2. The maximum atomic E-state index is 6.20. The lowest BCUT2D eigenvalue weighted by Gasteiger charge is -2.40. The third-order valence-corrected chi connectivity index (χ3v) is 6.66. The van der Waals surface area contributed by atoms with E-state index in [1.54, 1.807) is 6.20 Å². The first kappa shape index (κ1) is 13.7. The van der Waals surface area contributed by atoms with Crippen LogP contribution in [0, 0.1) is 16.7 Å². The molecule has 2 nitrogen and oxygen atoms in total. The summed E-state index contributed by atoms with van der Waals surface area (Å²) in [6, 6.07) is 2.52. The number of halogens is 2. The molecule has 104 valence electrons. The zero-order valence-electron chi connectivity index (χ0n) is 11.6. The van der Waals surface area contributed by atoms with Gasteiger partial charge in [0.05, 0.1) is 5.69 Å². The van der Waals surface area contributed by atoms with Gasteiger partial charge in [0.2, 0.25) is 0 Å². The van der Waals surface area contributed by atoms with Crippen LogP contribution < -0.4 is 5.32 Å². The lowest BCUT2D eigenvalue weighted by Crippen LogP contribution is -2.40. The highest BCUT2D eigenvalue weighted by atomic mass is 79.9. The average molecular weight is 344 g/mol. The van der Waals surface area contributed by atoms with Crippen LogP contribution in [0.5, 0.6) is 0 Å². The third-order valence-electron chi connectivity index (χ3n) is 5.93. The van der Waals surface area contributed by atoms with Gasteiger partial charge in [-0.15, -0.1) is 0 Å². The van der Waals surface area contributed by atoms with Crippen molar-refractivity contribution < 1.29 is 0 Å². The van der Waals surface area contributed by atoms with Crippen molar-refractivity contribution in [3.63, 3.8) is 0 Å². The minimum atomic E-state index is 0.351. The first-order valence-electron chi connectivity index (χ1n) is 6.92. The molecule has 2 aliphatic rings. The summed E-state index contributed by atoms with van der Waals surface area (Å²) in [5.74, 6) is 0.828. The number of anilines is 1. The average Bonchev–Trinajstić information content (AvgIpc) is 2.67. The Balaban J connectivity index is 1.88. The van der Waals surface area contributed by atoms with Crippen LogP contribution in [0.15, 0.2) is 16.7 Å². The van der Waals surface area contributed by atoms with Crippen molar-refractivity contribution in [1.29, 1.82) is 0 Å². The van der Waals surface area contributed by atoms with Gasteiger partial charge in [-0.05, 0) is 58.0 Å². The number of hydrogen-bond donors (Lipinski definition) is 1. The molecule has 0 radical (unpaired) electrons. The molecule has 1 N–H and O–H groups in total. The zero-order chi connectivity index (χ0) is 13.8. The standard InChI is InChI=1S/C15H20BrClN2/c1-14(2)9-4-5-15(14,3)12(6-9)19-11-7-10(16)8-18-13(11)17/h7-9,12,19H,4-6H2,1-3H3. The quantitative estimate of drug-likeness (QED) is 0.753. The molecule has 0 spiro atoms. The molecule has 2 saturated carbocycles. The van der Waals surface area contributed by atoms with Gasteiger partial charge >= 0.3 is 0 Å². The van der Waals surface area contributed by atoms with E-state index in [2.05, 4.69) is 47.0 Å². The summed E-state index contributed by atoms with van der Waals surface area (Å²) in [5.41, 5.74) is 1.71. The fraction of sp³-hybridized carbons (Fsp3) is 0.667. The molecule has 0 aromatic carbocycles. The van der Waals surface area contributed by atoms with Crippen molar-refractivity contribution in [2.45, 2.75) is 46.1 Å². The molecule has 4 heteroatoms. The third kappa shape index (κ3) is 1.92. The van der Waals surface area contributed by atoms with E-state index in [1.165, 1.54) is 19.3 Å². The van der Waals surface area contributed by atoms with Crippen LogP contribution in [0.3, 0.4) is 0 Å². The molecule has 3 atom stereocenters. The van der Waals surface area contributed by atoms with Crippen LogP contribution in [0.2, 0.25) is 5.15 Å². The predicted molar refractivity (Wildman–Crippen MR) is 83.6 cm³/mol. The summed E-state index contributed by atoms with van der Waals surface area (Å²) in [5, 5.41) is 4.22. The van der Waals surface area contributed by atoms with E-state index in [0.29, 0.717) is 22.0 Å². The first-order valence-corrected chi connectivity index (χ1v) is 8.09. The highest BCUT2D eigenvalue weighted by Crippen LogP contribution is 2.65. The summed E-state index contributed by atoms with van der Waals surface area (Å²) >= 11 is 9.66. The van der Waals surface area contributed by atoms with E-state index in [9.17, 15) is 0 Å². The number of nitrogens with one attached hydrogen (secondary N) is 1. The van der Waals surface area contributed by atoms with Gasteiger partial charge in [0.15, 0.2) is 5.15 Å². The van der Waals surface area contributed by atoms with Crippen LogP contribution in [0.25, 0.3) is 0 Å². The van der Waals surface area contributed by atoms with Crippen molar-refractivity contribution in [2.24, 2.45) is 16.7 Å². The molecule has 2 bridgehead atoms. The van der Waals surface area contributed by atoms with Gasteiger partial charge in [-0.2, -0.15) is 0 Å². The Labute approximate surface area is 128 Å². The predicted octanol–water partition coefficient (Wildman–Crippen LogP) is 5.12. The molecule has 19 heavy (non-hydrogen) atoms. The van der Waals surface area contributed by atoms with Crippen molar-refractivity contribution in [3.05, 3.63) is 21.9 Å². The lowest BCUT2D eigenvalue weighted by molar-refractivity contribution is 0.142. The number of nitrogens with zero attached hydrogens (tertiary/aromatic N) is 1. The number of hydrogen-bond acceptors (Lipinski definition) is 2. The molecular weight excluding hydrogens is 324 g/mol. The highest BCUT2D eigenvalue weighted by Gasteiger charge is 2.61. The second kappa shape index (κ2) is 4.36. The molecule has 1 aromatic rings. The van der Waals surface area contributed by atoms with Crippen molar-refractivity contribution in [3.8, 4) is 0 Å². The van der Waals surface area contributed by atoms with E-state index < -0.39 is 0 Å². The topological polar surface area (TPSA) is 24.9 Å². The Morgan fingerprint density at radius 1 is 1.42 bits per heavy atom. The molecular formula is C15H20BrClN2. The van der Waals surface area contributed by atoms with Gasteiger partial charge in [-0.3, -0.25) is 0 Å². The fourth-order valence-corrected chi connectivity index (χ4v) is 4.62. The number of pyridine rings is 1. The van der Waals surface area contributed by atoms with Crippen molar-refractivity contribution >= 4 is 33.2 Å². The van der Waals surface area contributed by atoms with E-state index in [4.69, 9.17) is 11.6 Å². The van der Waals surface area contributed by atoms with Crippen LogP contribution in [-0.4, -0.2) is 11.0 Å². The lowest BCUT2D eigenvalue weighted by atomic mass is 9.69. The molecule has 1 aromatic heterocycles. The van der Waals surface area contributed by atoms with Gasteiger partial charge in [0, 0.05) is 16.7 Å². The van der Waals surface area contributed by atoms with Crippen LogP contribution in [-0.2, 0) is 0 Å². The Morgan fingerprint density at radius 3 is 2.74 bits per heavy atom. The number of fused-ring (bicyclic) bond motifs is 2. The van der Waals surface area contributed by atoms with Gasteiger partial charge in [0.1, 0.15) is 0 Å². The molecule has 0 saturated heterocycles. The summed E-state index contributed by atoms with van der Waals surface area (Å²) in [6.45, 7) is 7.28. The molecule has 1 heterocycles. The molecule has 3 unspecified atom stereocenters. The number of rotatable bonds is 2. The molecule has 3 rings (SSSR count). The minimum Gasteiger partial charge on any atom is -0.379 e. The number of aromatic nitrogens is 1. The zero-order valence-corrected chi connectivity index (χ0v) is 14.0. The van der Waals surface area contributed by atoms with Gasteiger partial charge < -0.3 is 5.32 Å². The summed E-state index contributed by atoms with van der Waals surface area (Å²) in [4.78, 5) is 4.20. The minimum absolute atomic E-state index is 0.351.